The number of halogens is 2. The van der Waals surface area contributed by atoms with Crippen molar-refractivity contribution in [2.24, 2.45) is 0 Å². The lowest BCUT2D eigenvalue weighted by molar-refractivity contribution is -0.00000418. The van der Waals surface area contributed by atoms with Crippen LogP contribution in [0.1, 0.15) is 30.9 Å². The van der Waals surface area contributed by atoms with Gasteiger partial charge in [0.2, 0.25) is 0 Å². The van der Waals surface area contributed by atoms with E-state index in [-0.39, 0.29) is 12.4 Å². The van der Waals surface area contributed by atoms with Gasteiger partial charge in [-0.05, 0) is 48.7 Å². The Kier molecular flexibility index (Phi) is 5.61. The third-order valence-corrected chi connectivity index (χ3v) is 5.54. The van der Waals surface area contributed by atoms with Gasteiger partial charge in [-0.1, -0.05) is 25.4 Å². The topological polar surface area (TPSA) is 24.9 Å². The SMILES string of the molecule is Cc1cc(Nc2ccc(Cl)cc2)c(C(C)C)c2[s+]snc12.[Cl-]. The van der Waals surface area contributed by atoms with Crippen LogP contribution in [-0.2, 0) is 0 Å². The number of hydrogen-bond acceptors (Lipinski definition) is 3. The molecule has 1 heterocycles. The van der Waals surface area contributed by atoms with Crippen LogP contribution >= 0.6 is 32.5 Å². The summed E-state index contributed by atoms with van der Waals surface area (Å²) in [4.78, 5) is 0. The quantitative estimate of drug-likeness (QED) is 0.563. The first-order valence-corrected chi connectivity index (χ1v) is 9.29. The van der Waals surface area contributed by atoms with Crippen molar-refractivity contribution in [2.75, 3.05) is 5.32 Å². The van der Waals surface area contributed by atoms with Gasteiger partial charge in [-0.15, -0.1) is 4.37 Å². The molecule has 2 aromatic carbocycles. The van der Waals surface area contributed by atoms with Crippen LogP contribution in [0.5, 0.6) is 0 Å². The Bertz CT molecular complexity index is 783. The Hall–Kier alpha value is -0.940. The lowest BCUT2D eigenvalue weighted by Gasteiger charge is -2.14. The number of nitrogens with zero attached hydrogens (tertiary/aromatic N) is 1. The van der Waals surface area contributed by atoms with E-state index in [9.17, 15) is 0 Å². The van der Waals surface area contributed by atoms with Gasteiger partial charge < -0.3 is 17.7 Å². The van der Waals surface area contributed by atoms with Crippen LogP contribution in [0.15, 0.2) is 30.3 Å². The fourth-order valence-corrected chi connectivity index (χ4v) is 4.84. The zero-order valence-electron chi connectivity index (χ0n) is 12.5. The van der Waals surface area contributed by atoms with Crippen molar-refractivity contribution in [3.05, 3.63) is 46.5 Å². The predicted octanol–water partition coefficient (Wildman–Crippen LogP) is 3.47. The van der Waals surface area contributed by atoms with Gasteiger partial charge in [-0.3, -0.25) is 0 Å². The molecule has 0 atom stereocenters. The lowest BCUT2D eigenvalue weighted by Crippen LogP contribution is -3.00. The second-order valence-corrected chi connectivity index (χ2v) is 7.66. The number of aryl methyl sites for hydroxylation is 1. The molecule has 0 aliphatic carbocycles. The van der Waals surface area contributed by atoms with Gasteiger partial charge in [0.15, 0.2) is 5.52 Å². The maximum Gasteiger partial charge on any atom is 0.323 e. The second-order valence-electron chi connectivity index (χ2n) is 5.37. The summed E-state index contributed by atoms with van der Waals surface area (Å²) in [6.45, 7) is 6.56. The molecule has 22 heavy (non-hydrogen) atoms. The van der Waals surface area contributed by atoms with E-state index in [0.717, 1.165) is 21.9 Å². The number of nitrogens with one attached hydrogen (secondary N) is 1. The van der Waals surface area contributed by atoms with E-state index in [0.29, 0.717) is 5.92 Å². The number of fused-ring (bicyclic) bond motifs is 1. The van der Waals surface area contributed by atoms with Crippen LogP contribution in [-0.4, -0.2) is 4.37 Å². The molecular formula is C16H16Cl2N2S2. The molecule has 1 aromatic heterocycles. The molecule has 3 rings (SSSR count). The Labute approximate surface area is 149 Å². The molecule has 0 saturated heterocycles. The van der Waals surface area contributed by atoms with E-state index in [1.54, 1.807) is 20.9 Å². The van der Waals surface area contributed by atoms with Crippen molar-refractivity contribution in [2.45, 2.75) is 26.7 Å². The highest BCUT2D eigenvalue weighted by atomic mass is 35.5. The molecule has 1 N–H and O–H groups in total. The summed E-state index contributed by atoms with van der Waals surface area (Å²) in [6, 6.07) is 10.00. The van der Waals surface area contributed by atoms with Crippen LogP contribution in [0.3, 0.4) is 0 Å². The van der Waals surface area contributed by atoms with Crippen molar-refractivity contribution in [3.8, 4) is 0 Å². The molecule has 0 bridgehead atoms. The van der Waals surface area contributed by atoms with Crippen LogP contribution in [0.4, 0.5) is 11.4 Å². The maximum absolute atomic E-state index is 5.95. The summed E-state index contributed by atoms with van der Waals surface area (Å²) < 4.78 is 5.83. The van der Waals surface area contributed by atoms with E-state index in [2.05, 4.69) is 36.5 Å². The highest BCUT2D eigenvalue weighted by molar-refractivity contribution is 7.70. The zero-order valence-corrected chi connectivity index (χ0v) is 15.6. The van der Waals surface area contributed by atoms with E-state index >= 15 is 0 Å². The average molecular weight is 371 g/mol. The van der Waals surface area contributed by atoms with Gasteiger partial charge in [0.05, 0.1) is 0 Å². The van der Waals surface area contributed by atoms with E-state index in [1.165, 1.54) is 15.8 Å². The first-order chi connectivity index (χ1) is 10.1. The first-order valence-electron chi connectivity index (χ1n) is 6.81. The molecule has 0 amide bonds. The molecule has 0 fully saturated rings. The molecule has 0 aliphatic rings. The fraction of sp³-hybridized carbons (Fsp3) is 0.250. The number of rotatable bonds is 3. The van der Waals surface area contributed by atoms with Crippen molar-refractivity contribution in [3.63, 3.8) is 0 Å². The standard InChI is InChI=1S/C16H16ClN2S2.ClH/c1-9(2)14-13(18-12-6-4-11(17)5-7-12)8-10(3)15-16(14)20-21-19-15;/h4-9,18H,1-3H3;1H/q+1;/p-1. The summed E-state index contributed by atoms with van der Waals surface area (Å²) in [5.74, 6) is 0.440. The van der Waals surface area contributed by atoms with Gasteiger partial charge >= 0.3 is 10.3 Å². The van der Waals surface area contributed by atoms with Crippen molar-refractivity contribution in [1.29, 1.82) is 0 Å². The third kappa shape index (κ3) is 3.35. The summed E-state index contributed by atoms with van der Waals surface area (Å²) >= 11 is 5.95. The monoisotopic (exact) mass is 370 g/mol. The van der Waals surface area contributed by atoms with Crippen LogP contribution in [0.2, 0.25) is 5.02 Å². The highest BCUT2D eigenvalue weighted by Gasteiger charge is 2.23. The molecule has 116 valence electrons. The zero-order chi connectivity index (χ0) is 15.0. The van der Waals surface area contributed by atoms with Crippen LogP contribution < -0.4 is 17.7 Å². The molecule has 0 radical (unpaired) electrons. The van der Waals surface area contributed by atoms with E-state index in [1.807, 2.05) is 24.3 Å². The van der Waals surface area contributed by atoms with E-state index in [4.69, 9.17) is 11.6 Å². The third-order valence-electron chi connectivity index (χ3n) is 3.43. The first kappa shape index (κ1) is 17.4. The summed E-state index contributed by atoms with van der Waals surface area (Å²) in [5, 5.41) is 4.28. The minimum Gasteiger partial charge on any atom is -1.00 e. The van der Waals surface area contributed by atoms with Gasteiger partial charge in [0, 0.05) is 22.0 Å². The summed E-state index contributed by atoms with van der Waals surface area (Å²) in [6.07, 6.45) is 0. The van der Waals surface area contributed by atoms with Gasteiger partial charge in [0.1, 0.15) is 0 Å². The number of benzene rings is 2. The van der Waals surface area contributed by atoms with Crippen LogP contribution in [0, 0.1) is 6.92 Å². The molecule has 0 saturated carbocycles. The molecule has 3 aromatic rings. The lowest BCUT2D eigenvalue weighted by atomic mass is 9.98. The van der Waals surface area contributed by atoms with Crippen molar-refractivity contribution >= 4 is 54.1 Å². The Morgan fingerprint density at radius 1 is 1.23 bits per heavy atom. The largest absolute Gasteiger partial charge is 1.00 e. The second kappa shape index (κ2) is 7.09. The predicted molar refractivity (Wildman–Crippen MR) is 95.5 cm³/mol. The van der Waals surface area contributed by atoms with Gasteiger partial charge in [-0.25, -0.2) is 0 Å². The van der Waals surface area contributed by atoms with Gasteiger partial charge in [0.25, 0.3) is 15.2 Å². The summed E-state index contributed by atoms with van der Waals surface area (Å²) in [7, 11) is 3.32. The fourth-order valence-electron chi connectivity index (χ4n) is 2.45. The molecular weight excluding hydrogens is 355 g/mol. The number of hydrogen-bond donors (Lipinski definition) is 1. The van der Waals surface area contributed by atoms with Crippen LogP contribution in [0.25, 0.3) is 10.2 Å². The number of anilines is 2. The normalized spacial score (nSPS) is 10.8. The smallest absolute Gasteiger partial charge is 0.323 e. The average Bonchev–Trinajstić information content (AvgIpc) is 2.90. The molecule has 2 nitrogen and oxygen atoms in total. The van der Waals surface area contributed by atoms with E-state index < -0.39 is 0 Å². The molecule has 0 unspecified atom stereocenters. The number of aromatic nitrogens is 1. The maximum atomic E-state index is 5.95. The Balaban J connectivity index is 0.00000176. The summed E-state index contributed by atoms with van der Waals surface area (Å²) in [5.41, 5.74) is 5.89. The molecule has 0 aliphatic heterocycles. The van der Waals surface area contributed by atoms with Crippen molar-refractivity contribution < 1.29 is 12.4 Å². The Morgan fingerprint density at radius 2 is 1.91 bits per heavy atom. The minimum absolute atomic E-state index is 0. The van der Waals surface area contributed by atoms with Gasteiger partial charge in [-0.2, -0.15) is 0 Å². The highest BCUT2D eigenvalue weighted by Crippen LogP contribution is 2.39. The molecule has 6 heteroatoms. The minimum atomic E-state index is 0. The van der Waals surface area contributed by atoms with Crippen molar-refractivity contribution in [1.82, 2.24) is 4.37 Å². The molecule has 0 spiro atoms. The Morgan fingerprint density at radius 3 is 2.55 bits per heavy atom.